The van der Waals surface area contributed by atoms with Crippen molar-refractivity contribution in [1.82, 2.24) is 10.0 Å². The number of hydrogen-bond acceptors (Lipinski definition) is 4. The summed E-state index contributed by atoms with van der Waals surface area (Å²) in [5.74, 6) is 0.297. The Morgan fingerprint density at radius 3 is 2.38 bits per heavy atom. The molecule has 0 bridgehead atoms. The Balaban J connectivity index is 1.48. The molecule has 2 aromatic rings. The SMILES string of the molecule is O=C(COc1ccc(S(=O)(=O)NCCc2ccccc2)cc1)NC1CC1. The number of carbonyl (C=O) groups is 1. The molecule has 7 heteroatoms. The molecule has 0 radical (unpaired) electrons. The second kappa shape index (κ2) is 8.33. The monoisotopic (exact) mass is 374 g/mol. The highest BCUT2D eigenvalue weighted by Gasteiger charge is 2.23. The van der Waals surface area contributed by atoms with Gasteiger partial charge in [0.05, 0.1) is 4.90 Å². The lowest BCUT2D eigenvalue weighted by molar-refractivity contribution is -0.123. The van der Waals surface area contributed by atoms with E-state index >= 15 is 0 Å². The van der Waals surface area contributed by atoms with Crippen molar-refractivity contribution in [2.24, 2.45) is 0 Å². The molecule has 3 rings (SSSR count). The van der Waals surface area contributed by atoms with Gasteiger partial charge in [-0.2, -0.15) is 0 Å². The lowest BCUT2D eigenvalue weighted by Gasteiger charge is -2.09. The lowest BCUT2D eigenvalue weighted by atomic mass is 10.2. The maximum absolute atomic E-state index is 12.3. The molecule has 0 unspecified atom stereocenters. The number of amides is 1. The zero-order valence-corrected chi connectivity index (χ0v) is 15.2. The Morgan fingerprint density at radius 2 is 1.73 bits per heavy atom. The zero-order chi connectivity index (χ0) is 18.4. The van der Waals surface area contributed by atoms with Crippen molar-refractivity contribution in [2.75, 3.05) is 13.2 Å². The maximum Gasteiger partial charge on any atom is 0.258 e. The molecule has 1 aliphatic rings. The molecule has 1 aliphatic carbocycles. The Morgan fingerprint density at radius 1 is 1.04 bits per heavy atom. The molecule has 0 spiro atoms. The third kappa shape index (κ3) is 5.57. The summed E-state index contributed by atoms with van der Waals surface area (Å²) in [6.45, 7) is 0.254. The number of carbonyl (C=O) groups excluding carboxylic acids is 1. The van der Waals surface area contributed by atoms with Gasteiger partial charge in [0.1, 0.15) is 5.75 Å². The maximum atomic E-state index is 12.3. The van der Waals surface area contributed by atoms with Crippen molar-refractivity contribution >= 4 is 15.9 Å². The van der Waals surface area contributed by atoms with E-state index in [1.807, 2.05) is 30.3 Å². The number of hydrogen-bond donors (Lipinski definition) is 2. The van der Waals surface area contributed by atoms with Gasteiger partial charge in [-0.1, -0.05) is 30.3 Å². The van der Waals surface area contributed by atoms with E-state index in [1.165, 1.54) is 12.1 Å². The molecule has 0 aromatic heterocycles. The van der Waals surface area contributed by atoms with Gasteiger partial charge in [0.25, 0.3) is 5.91 Å². The van der Waals surface area contributed by atoms with Crippen molar-refractivity contribution < 1.29 is 17.9 Å². The normalized spacial score (nSPS) is 14.0. The lowest BCUT2D eigenvalue weighted by Crippen LogP contribution is -2.30. The Kier molecular flexibility index (Phi) is 5.90. The van der Waals surface area contributed by atoms with Gasteiger partial charge < -0.3 is 10.1 Å². The molecule has 2 N–H and O–H groups in total. The molecule has 6 nitrogen and oxygen atoms in total. The first-order valence-corrected chi connectivity index (χ1v) is 10.1. The van der Waals surface area contributed by atoms with Gasteiger partial charge in [0.15, 0.2) is 6.61 Å². The first-order chi connectivity index (χ1) is 12.5. The minimum atomic E-state index is -3.57. The highest BCUT2D eigenvalue weighted by molar-refractivity contribution is 7.89. The fraction of sp³-hybridized carbons (Fsp3) is 0.316. The minimum absolute atomic E-state index is 0.0715. The van der Waals surface area contributed by atoms with Crippen LogP contribution in [0.4, 0.5) is 0 Å². The van der Waals surface area contributed by atoms with Crippen LogP contribution in [-0.4, -0.2) is 33.5 Å². The summed E-state index contributed by atoms with van der Waals surface area (Å²) in [5, 5.41) is 2.83. The summed E-state index contributed by atoms with van der Waals surface area (Å²) < 4.78 is 32.6. The van der Waals surface area contributed by atoms with Crippen molar-refractivity contribution in [3.63, 3.8) is 0 Å². The van der Waals surface area contributed by atoms with Gasteiger partial charge in [0.2, 0.25) is 10.0 Å². The topological polar surface area (TPSA) is 84.5 Å². The predicted molar refractivity (Wildman–Crippen MR) is 98.4 cm³/mol. The van der Waals surface area contributed by atoms with Crippen LogP contribution in [-0.2, 0) is 21.2 Å². The molecular formula is C19H22N2O4S. The van der Waals surface area contributed by atoms with Crippen LogP contribution in [0.5, 0.6) is 5.75 Å². The molecule has 26 heavy (non-hydrogen) atoms. The molecule has 2 aromatic carbocycles. The smallest absolute Gasteiger partial charge is 0.258 e. The van der Waals surface area contributed by atoms with E-state index in [1.54, 1.807) is 12.1 Å². The van der Waals surface area contributed by atoms with Gasteiger partial charge in [0, 0.05) is 12.6 Å². The van der Waals surface area contributed by atoms with E-state index in [9.17, 15) is 13.2 Å². The fourth-order valence-corrected chi connectivity index (χ4v) is 3.45. The van der Waals surface area contributed by atoms with Crippen LogP contribution < -0.4 is 14.8 Å². The molecule has 0 saturated heterocycles. The Labute approximate surface area is 153 Å². The van der Waals surface area contributed by atoms with Crippen molar-refractivity contribution in [3.05, 3.63) is 60.2 Å². The molecule has 0 atom stereocenters. The van der Waals surface area contributed by atoms with Gasteiger partial charge in [-0.05, 0) is 49.1 Å². The van der Waals surface area contributed by atoms with Crippen LogP contribution in [0.2, 0.25) is 0 Å². The first kappa shape index (κ1) is 18.4. The van der Waals surface area contributed by atoms with E-state index < -0.39 is 10.0 Å². The molecule has 1 amide bonds. The van der Waals surface area contributed by atoms with Crippen molar-refractivity contribution in [1.29, 1.82) is 0 Å². The number of benzene rings is 2. The van der Waals surface area contributed by atoms with Crippen LogP contribution >= 0.6 is 0 Å². The number of ether oxygens (including phenoxy) is 1. The van der Waals surface area contributed by atoms with E-state index in [-0.39, 0.29) is 17.4 Å². The van der Waals surface area contributed by atoms with E-state index in [0.29, 0.717) is 24.8 Å². The summed E-state index contributed by atoms with van der Waals surface area (Å²) in [5.41, 5.74) is 1.07. The highest BCUT2D eigenvalue weighted by atomic mass is 32.2. The summed E-state index contributed by atoms with van der Waals surface area (Å²) in [7, 11) is -3.57. The summed E-state index contributed by atoms with van der Waals surface area (Å²) in [6, 6.07) is 16.0. The number of nitrogens with one attached hydrogen (secondary N) is 2. The Hall–Kier alpha value is -2.38. The average Bonchev–Trinajstić information content (AvgIpc) is 3.45. The first-order valence-electron chi connectivity index (χ1n) is 8.59. The fourth-order valence-electron chi connectivity index (χ4n) is 2.42. The molecule has 0 aliphatic heterocycles. The summed E-state index contributed by atoms with van der Waals surface area (Å²) >= 11 is 0. The summed E-state index contributed by atoms with van der Waals surface area (Å²) in [4.78, 5) is 11.8. The third-order valence-corrected chi connectivity index (χ3v) is 5.47. The molecule has 0 heterocycles. The predicted octanol–water partition coefficient (Wildman–Crippen LogP) is 1.86. The van der Waals surface area contributed by atoms with Crippen LogP contribution in [0.15, 0.2) is 59.5 Å². The van der Waals surface area contributed by atoms with Gasteiger partial charge in [-0.3, -0.25) is 4.79 Å². The highest BCUT2D eigenvalue weighted by Crippen LogP contribution is 2.19. The van der Waals surface area contributed by atoms with Crippen LogP contribution in [0, 0.1) is 0 Å². The third-order valence-electron chi connectivity index (χ3n) is 4.00. The quantitative estimate of drug-likeness (QED) is 0.702. The second-order valence-corrected chi connectivity index (χ2v) is 8.00. The standard InChI is InChI=1S/C19H22N2O4S/c22-19(21-16-6-7-16)14-25-17-8-10-18(11-9-17)26(23,24)20-13-12-15-4-2-1-3-5-15/h1-5,8-11,16,20H,6-7,12-14H2,(H,21,22). The molecular weight excluding hydrogens is 352 g/mol. The van der Waals surface area contributed by atoms with E-state index in [0.717, 1.165) is 18.4 Å². The van der Waals surface area contributed by atoms with Crippen molar-refractivity contribution in [3.8, 4) is 5.75 Å². The van der Waals surface area contributed by atoms with Gasteiger partial charge in [-0.15, -0.1) is 0 Å². The molecule has 138 valence electrons. The number of sulfonamides is 1. The van der Waals surface area contributed by atoms with Crippen molar-refractivity contribution in [2.45, 2.75) is 30.2 Å². The largest absolute Gasteiger partial charge is 0.484 e. The molecule has 1 fully saturated rings. The van der Waals surface area contributed by atoms with Gasteiger partial charge >= 0.3 is 0 Å². The van der Waals surface area contributed by atoms with E-state index in [4.69, 9.17) is 4.74 Å². The van der Waals surface area contributed by atoms with Gasteiger partial charge in [-0.25, -0.2) is 13.1 Å². The van der Waals surface area contributed by atoms with Crippen LogP contribution in [0.1, 0.15) is 18.4 Å². The summed E-state index contributed by atoms with van der Waals surface area (Å²) in [6.07, 6.45) is 2.67. The van der Waals surface area contributed by atoms with Crippen LogP contribution in [0.25, 0.3) is 0 Å². The average molecular weight is 374 g/mol. The Bertz CT molecular complexity index is 832. The second-order valence-electron chi connectivity index (χ2n) is 6.24. The van der Waals surface area contributed by atoms with E-state index in [2.05, 4.69) is 10.0 Å². The number of rotatable bonds is 9. The minimum Gasteiger partial charge on any atom is -0.484 e. The zero-order valence-electron chi connectivity index (χ0n) is 14.4. The van der Waals surface area contributed by atoms with Crippen LogP contribution in [0.3, 0.4) is 0 Å². The molecule has 1 saturated carbocycles.